The third-order valence-corrected chi connectivity index (χ3v) is 5.78. The highest BCUT2D eigenvalue weighted by atomic mass is 35.5. The van der Waals surface area contributed by atoms with E-state index in [0.29, 0.717) is 17.7 Å². The van der Waals surface area contributed by atoms with Gasteiger partial charge in [0.15, 0.2) is 0 Å². The monoisotopic (exact) mass is 429 g/mol. The Hall–Kier alpha value is -2.13. The van der Waals surface area contributed by atoms with E-state index in [4.69, 9.17) is 11.6 Å². The van der Waals surface area contributed by atoms with Gasteiger partial charge < -0.3 is 5.11 Å². The van der Waals surface area contributed by atoms with Crippen LogP contribution in [0.5, 0.6) is 0 Å². The SMILES string of the molecule is O=S(=O)(NCC(O)c1cccc2ccccc12)c1cc(Cl)cc(C(F)(F)F)c1. The van der Waals surface area contributed by atoms with Crippen molar-refractivity contribution in [3.8, 4) is 0 Å². The van der Waals surface area contributed by atoms with E-state index < -0.39 is 39.3 Å². The molecule has 0 aliphatic carbocycles. The van der Waals surface area contributed by atoms with Gasteiger partial charge in [0.2, 0.25) is 10.0 Å². The molecule has 148 valence electrons. The summed E-state index contributed by atoms with van der Waals surface area (Å²) >= 11 is 5.64. The number of sulfonamides is 1. The summed E-state index contributed by atoms with van der Waals surface area (Å²) in [5, 5.41) is 11.7. The molecule has 0 aromatic heterocycles. The molecular formula is C19H15ClF3NO3S. The van der Waals surface area contributed by atoms with Crippen molar-refractivity contribution >= 4 is 32.4 Å². The van der Waals surface area contributed by atoms with Crippen molar-refractivity contribution in [1.29, 1.82) is 0 Å². The van der Waals surface area contributed by atoms with Crippen molar-refractivity contribution in [1.82, 2.24) is 4.72 Å². The number of nitrogens with one attached hydrogen (secondary N) is 1. The second kappa shape index (κ2) is 7.71. The van der Waals surface area contributed by atoms with Gasteiger partial charge in [0, 0.05) is 11.6 Å². The Labute approximate surface area is 164 Å². The number of fused-ring (bicyclic) bond motifs is 1. The van der Waals surface area contributed by atoms with E-state index >= 15 is 0 Å². The molecule has 0 radical (unpaired) electrons. The summed E-state index contributed by atoms with van der Waals surface area (Å²) in [4.78, 5) is -0.627. The van der Waals surface area contributed by atoms with Crippen LogP contribution in [0.15, 0.2) is 65.6 Å². The topological polar surface area (TPSA) is 66.4 Å². The lowest BCUT2D eigenvalue weighted by atomic mass is 10.0. The standard InChI is InChI=1S/C19H15ClF3NO3S/c20-14-8-13(19(21,22)23)9-15(10-14)28(26,27)24-11-18(25)17-7-3-5-12-4-1-2-6-16(12)17/h1-10,18,24-25H,11H2. The maximum absolute atomic E-state index is 12.9. The highest BCUT2D eigenvalue weighted by Gasteiger charge is 2.32. The van der Waals surface area contributed by atoms with Crippen LogP contribution < -0.4 is 4.72 Å². The number of alkyl halides is 3. The van der Waals surface area contributed by atoms with Gasteiger partial charge in [-0.2, -0.15) is 13.2 Å². The molecule has 9 heteroatoms. The molecular weight excluding hydrogens is 415 g/mol. The minimum Gasteiger partial charge on any atom is -0.387 e. The normalized spacial score (nSPS) is 13.6. The first-order chi connectivity index (χ1) is 13.1. The summed E-state index contributed by atoms with van der Waals surface area (Å²) in [6.45, 7) is -0.412. The highest BCUT2D eigenvalue weighted by molar-refractivity contribution is 7.89. The molecule has 0 saturated carbocycles. The smallest absolute Gasteiger partial charge is 0.387 e. The Kier molecular flexibility index (Phi) is 5.67. The Morgan fingerprint density at radius 2 is 1.71 bits per heavy atom. The fraction of sp³-hybridized carbons (Fsp3) is 0.158. The minimum absolute atomic E-state index is 0.357. The molecule has 2 N–H and O–H groups in total. The Morgan fingerprint density at radius 3 is 2.43 bits per heavy atom. The average Bonchev–Trinajstić information content (AvgIpc) is 2.64. The highest BCUT2D eigenvalue weighted by Crippen LogP contribution is 2.33. The average molecular weight is 430 g/mol. The number of aliphatic hydroxyl groups is 1. The fourth-order valence-corrected chi connectivity index (χ4v) is 4.21. The summed E-state index contributed by atoms with van der Waals surface area (Å²) < 4.78 is 65.7. The Morgan fingerprint density at radius 1 is 1.04 bits per heavy atom. The maximum Gasteiger partial charge on any atom is 0.416 e. The van der Waals surface area contributed by atoms with Crippen LogP contribution in [0, 0.1) is 0 Å². The van der Waals surface area contributed by atoms with E-state index in [9.17, 15) is 26.7 Å². The van der Waals surface area contributed by atoms with Gasteiger partial charge in [-0.1, -0.05) is 54.1 Å². The van der Waals surface area contributed by atoms with Gasteiger partial charge >= 0.3 is 6.18 Å². The second-order valence-electron chi connectivity index (χ2n) is 6.11. The van der Waals surface area contributed by atoms with Crippen molar-refractivity contribution in [3.05, 3.63) is 76.8 Å². The van der Waals surface area contributed by atoms with E-state index in [2.05, 4.69) is 4.72 Å². The van der Waals surface area contributed by atoms with Crippen LogP contribution in [0.1, 0.15) is 17.2 Å². The molecule has 3 aromatic rings. The molecule has 0 heterocycles. The first-order valence-electron chi connectivity index (χ1n) is 8.11. The van der Waals surface area contributed by atoms with Crippen molar-refractivity contribution in [2.45, 2.75) is 17.2 Å². The van der Waals surface area contributed by atoms with Crippen molar-refractivity contribution in [3.63, 3.8) is 0 Å². The minimum atomic E-state index is -4.74. The van der Waals surface area contributed by atoms with Crippen LogP contribution in [-0.4, -0.2) is 20.1 Å². The van der Waals surface area contributed by atoms with Crippen LogP contribution in [0.2, 0.25) is 5.02 Å². The lowest BCUT2D eigenvalue weighted by Gasteiger charge is -2.16. The molecule has 1 atom stereocenters. The molecule has 3 aromatic carbocycles. The Bertz CT molecular complexity index is 1110. The van der Waals surface area contributed by atoms with Gasteiger partial charge in [0.1, 0.15) is 0 Å². The van der Waals surface area contributed by atoms with Gasteiger partial charge in [-0.15, -0.1) is 0 Å². The lowest BCUT2D eigenvalue weighted by Crippen LogP contribution is -2.29. The van der Waals surface area contributed by atoms with Gasteiger partial charge in [-0.05, 0) is 34.5 Å². The predicted molar refractivity (Wildman–Crippen MR) is 101 cm³/mol. The largest absolute Gasteiger partial charge is 0.416 e. The zero-order chi connectivity index (χ0) is 20.5. The third kappa shape index (κ3) is 4.47. The molecule has 0 saturated heterocycles. The van der Waals surface area contributed by atoms with Crippen LogP contribution in [0.4, 0.5) is 13.2 Å². The van der Waals surface area contributed by atoms with E-state index in [-0.39, 0.29) is 5.02 Å². The van der Waals surface area contributed by atoms with E-state index in [0.717, 1.165) is 16.8 Å². The summed E-state index contributed by atoms with van der Waals surface area (Å²) in [5.41, 5.74) is -0.669. The second-order valence-corrected chi connectivity index (χ2v) is 8.31. The number of hydrogen-bond acceptors (Lipinski definition) is 3. The number of rotatable bonds is 5. The van der Waals surface area contributed by atoms with Crippen molar-refractivity contribution < 1.29 is 26.7 Å². The van der Waals surface area contributed by atoms with Gasteiger partial charge in [-0.3, -0.25) is 0 Å². The fourth-order valence-electron chi connectivity index (χ4n) is 2.80. The molecule has 0 fully saturated rings. The van der Waals surface area contributed by atoms with E-state index in [1.165, 1.54) is 0 Å². The molecule has 0 aliphatic rings. The first-order valence-corrected chi connectivity index (χ1v) is 9.97. The van der Waals surface area contributed by atoms with Crippen LogP contribution in [0.3, 0.4) is 0 Å². The maximum atomic E-state index is 12.9. The van der Waals surface area contributed by atoms with Crippen molar-refractivity contribution in [2.75, 3.05) is 6.54 Å². The molecule has 1 unspecified atom stereocenters. The third-order valence-electron chi connectivity index (χ3n) is 4.16. The van der Waals surface area contributed by atoms with Gasteiger partial charge in [0.25, 0.3) is 0 Å². The summed E-state index contributed by atoms with van der Waals surface area (Å²) in [6, 6.07) is 14.5. The van der Waals surface area contributed by atoms with Crippen LogP contribution in [0.25, 0.3) is 10.8 Å². The van der Waals surface area contributed by atoms with Crippen LogP contribution in [-0.2, 0) is 16.2 Å². The number of benzene rings is 3. The quantitative estimate of drug-likeness (QED) is 0.626. The zero-order valence-electron chi connectivity index (χ0n) is 14.2. The van der Waals surface area contributed by atoms with Gasteiger partial charge in [0.05, 0.1) is 16.6 Å². The molecule has 0 amide bonds. The zero-order valence-corrected chi connectivity index (χ0v) is 15.8. The number of hydrogen-bond donors (Lipinski definition) is 2. The molecule has 4 nitrogen and oxygen atoms in total. The molecule has 0 aliphatic heterocycles. The van der Waals surface area contributed by atoms with Gasteiger partial charge in [-0.25, -0.2) is 13.1 Å². The van der Waals surface area contributed by atoms with E-state index in [1.54, 1.807) is 24.3 Å². The molecule has 3 rings (SSSR count). The number of halogens is 4. The first kappa shape index (κ1) is 20.6. The lowest BCUT2D eigenvalue weighted by molar-refractivity contribution is -0.137. The number of aliphatic hydroxyl groups excluding tert-OH is 1. The summed E-state index contributed by atoms with van der Waals surface area (Å²) in [5.74, 6) is 0. The summed E-state index contributed by atoms with van der Waals surface area (Å²) in [7, 11) is -4.32. The summed E-state index contributed by atoms with van der Waals surface area (Å²) in [6.07, 6.45) is -5.93. The molecule has 0 spiro atoms. The van der Waals surface area contributed by atoms with Crippen LogP contribution >= 0.6 is 11.6 Å². The van der Waals surface area contributed by atoms with E-state index in [1.807, 2.05) is 18.2 Å². The van der Waals surface area contributed by atoms with Crippen molar-refractivity contribution in [2.24, 2.45) is 0 Å². The Balaban J connectivity index is 1.84. The predicted octanol–water partition coefficient (Wildman–Crippen LogP) is 4.52. The molecule has 0 bridgehead atoms. The molecule has 28 heavy (non-hydrogen) atoms.